The first-order valence-electron chi connectivity index (χ1n) is 5.89. The first kappa shape index (κ1) is 16.4. The van der Waals surface area contributed by atoms with E-state index in [0.717, 1.165) is 0 Å². The summed E-state index contributed by atoms with van der Waals surface area (Å²) in [5.74, 6) is -1.10. The van der Waals surface area contributed by atoms with Crippen molar-refractivity contribution < 1.29 is 27.1 Å². The van der Waals surface area contributed by atoms with Gasteiger partial charge in [0.25, 0.3) is 0 Å². The lowest BCUT2D eigenvalue weighted by molar-refractivity contribution is -0.175. The summed E-state index contributed by atoms with van der Waals surface area (Å²) in [6.07, 6.45) is -4.47. The van der Waals surface area contributed by atoms with Crippen LogP contribution < -0.4 is 5.32 Å². The molecule has 0 saturated heterocycles. The fourth-order valence-corrected chi connectivity index (χ4v) is 1.50. The van der Waals surface area contributed by atoms with Crippen LogP contribution in [0.1, 0.15) is 24.1 Å². The van der Waals surface area contributed by atoms with Gasteiger partial charge in [-0.2, -0.15) is 13.2 Å². The van der Waals surface area contributed by atoms with Gasteiger partial charge in [0.05, 0.1) is 6.04 Å². The highest BCUT2D eigenvalue weighted by Crippen LogP contribution is 2.16. The van der Waals surface area contributed by atoms with Crippen molar-refractivity contribution in [1.82, 2.24) is 5.32 Å². The number of carbonyl (C=O) groups excluding carboxylic acids is 1. The number of hydrogen-bond acceptors (Lipinski definition) is 2. The topological polar surface area (TPSA) is 38.3 Å². The molecule has 0 radical (unpaired) electrons. The maximum atomic E-state index is 13.3. The molecule has 0 heterocycles. The molecule has 1 rings (SSSR count). The van der Waals surface area contributed by atoms with Crippen LogP contribution in [-0.2, 0) is 9.53 Å². The third-order valence-electron chi connectivity index (χ3n) is 2.57. The number of alkyl halides is 3. The van der Waals surface area contributed by atoms with Gasteiger partial charge in [0.1, 0.15) is 19.0 Å². The van der Waals surface area contributed by atoms with Gasteiger partial charge in [-0.1, -0.05) is 12.1 Å². The fourth-order valence-electron chi connectivity index (χ4n) is 1.50. The minimum absolute atomic E-state index is 0.406. The molecule has 0 bridgehead atoms. The molecular weight excluding hydrogens is 278 g/mol. The fraction of sp³-hybridized carbons (Fsp3) is 0.462. The lowest BCUT2D eigenvalue weighted by Gasteiger charge is -2.15. The monoisotopic (exact) mass is 293 g/mol. The summed E-state index contributed by atoms with van der Waals surface area (Å²) in [4.78, 5) is 11.4. The molecular formula is C13H15F4NO2. The number of amides is 1. The van der Waals surface area contributed by atoms with Crippen LogP contribution >= 0.6 is 0 Å². The Morgan fingerprint density at radius 2 is 2.05 bits per heavy atom. The number of hydrogen-bond donors (Lipinski definition) is 1. The quantitative estimate of drug-likeness (QED) is 0.848. The highest BCUT2D eigenvalue weighted by atomic mass is 19.4. The Balaban J connectivity index is 2.47. The number of halogens is 4. The largest absolute Gasteiger partial charge is 0.411 e. The summed E-state index contributed by atoms with van der Waals surface area (Å²) in [5, 5.41) is 2.43. The summed E-state index contributed by atoms with van der Waals surface area (Å²) in [6, 6.07) is 3.96. The Bertz CT molecular complexity index is 474. The van der Waals surface area contributed by atoms with Crippen molar-refractivity contribution in [3.8, 4) is 0 Å². The second-order valence-corrected chi connectivity index (χ2v) is 4.41. The van der Waals surface area contributed by atoms with Crippen molar-refractivity contribution in [3.63, 3.8) is 0 Å². The van der Waals surface area contributed by atoms with E-state index in [1.165, 1.54) is 6.07 Å². The maximum Gasteiger partial charge on any atom is 0.411 e. The molecule has 1 N–H and O–H groups in total. The van der Waals surface area contributed by atoms with Gasteiger partial charge in [0.2, 0.25) is 5.91 Å². The highest BCUT2D eigenvalue weighted by molar-refractivity contribution is 5.77. The zero-order chi connectivity index (χ0) is 15.3. The Morgan fingerprint density at radius 1 is 1.40 bits per heavy atom. The van der Waals surface area contributed by atoms with E-state index in [9.17, 15) is 22.4 Å². The summed E-state index contributed by atoms with van der Waals surface area (Å²) < 4.78 is 53.0. The van der Waals surface area contributed by atoms with Crippen molar-refractivity contribution >= 4 is 5.91 Å². The second-order valence-electron chi connectivity index (χ2n) is 4.41. The molecule has 20 heavy (non-hydrogen) atoms. The van der Waals surface area contributed by atoms with E-state index in [4.69, 9.17) is 0 Å². The molecule has 0 spiro atoms. The number of aryl methyl sites for hydroxylation is 1. The van der Waals surface area contributed by atoms with Crippen molar-refractivity contribution in [1.29, 1.82) is 0 Å². The first-order valence-corrected chi connectivity index (χ1v) is 5.89. The van der Waals surface area contributed by atoms with Gasteiger partial charge < -0.3 is 10.1 Å². The van der Waals surface area contributed by atoms with Crippen molar-refractivity contribution in [3.05, 3.63) is 35.1 Å². The van der Waals surface area contributed by atoms with Gasteiger partial charge in [-0.15, -0.1) is 0 Å². The molecule has 3 nitrogen and oxygen atoms in total. The molecule has 112 valence electrons. The molecule has 0 fully saturated rings. The SMILES string of the molecule is Cc1ccc([C@@H](C)NC(=O)COCC(F)(F)F)cc1F. The molecule has 1 amide bonds. The smallest absolute Gasteiger partial charge is 0.362 e. The standard InChI is InChI=1S/C13H15F4NO2/c1-8-3-4-10(5-11(8)14)9(2)18-12(19)6-20-7-13(15,16)17/h3-5,9H,6-7H2,1-2H3,(H,18,19)/t9-/m1/s1. The van der Waals surface area contributed by atoms with Crippen LogP contribution in [0.15, 0.2) is 18.2 Å². The number of ether oxygens (including phenoxy) is 1. The molecule has 0 aliphatic heterocycles. The molecule has 1 atom stereocenters. The molecule has 0 aromatic heterocycles. The summed E-state index contributed by atoms with van der Waals surface area (Å²) in [5.41, 5.74) is 0.998. The molecule has 1 aromatic carbocycles. The normalized spacial score (nSPS) is 13.1. The Kier molecular flexibility index (Phi) is 5.50. The number of nitrogens with one attached hydrogen (secondary N) is 1. The summed E-state index contributed by atoms with van der Waals surface area (Å²) in [7, 11) is 0. The Hall–Kier alpha value is -1.63. The number of carbonyl (C=O) groups is 1. The predicted octanol–water partition coefficient (Wildman–Crippen LogP) is 2.89. The molecule has 0 aliphatic rings. The van der Waals surface area contributed by atoms with Gasteiger partial charge in [0, 0.05) is 0 Å². The second kappa shape index (κ2) is 6.69. The molecule has 0 aliphatic carbocycles. The van der Waals surface area contributed by atoms with E-state index >= 15 is 0 Å². The zero-order valence-electron chi connectivity index (χ0n) is 11.1. The third kappa shape index (κ3) is 5.56. The van der Waals surface area contributed by atoms with Crippen LogP contribution in [0.2, 0.25) is 0 Å². The first-order chi connectivity index (χ1) is 9.19. The van der Waals surface area contributed by atoms with E-state index in [0.29, 0.717) is 11.1 Å². The average Bonchev–Trinajstić information content (AvgIpc) is 2.30. The van der Waals surface area contributed by atoms with E-state index in [1.807, 2.05) is 0 Å². The highest BCUT2D eigenvalue weighted by Gasteiger charge is 2.27. The minimum atomic E-state index is -4.47. The Morgan fingerprint density at radius 3 is 2.60 bits per heavy atom. The van der Waals surface area contributed by atoms with E-state index in [-0.39, 0.29) is 0 Å². The van der Waals surface area contributed by atoms with E-state index in [2.05, 4.69) is 10.1 Å². The average molecular weight is 293 g/mol. The van der Waals surface area contributed by atoms with Crippen LogP contribution in [0.4, 0.5) is 17.6 Å². The van der Waals surface area contributed by atoms with Gasteiger partial charge in [0.15, 0.2) is 0 Å². The lowest BCUT2D eigenvalue weighted by Crippen LogP contribution is -2.31. The molecule has 1 aromatic rings. The minimum Gasteiger partial charge on any atom is -0.362 e. The summed E-state index contributed by atoms with van der Waals surface area (Å²) >= 11 is 0. The molecule has 7 heteroatoms. The van der Waals surface area contributed by atoms with Crippen LogP contribution in [0, 0.1) is 12.7 Å². The molecule has 0 unspecified atom stereocenters. The van der Waals surface area contributed by atoms with Crippen molar-refractivity contribution in [2.75, 3.05) is 13.2 Å². The molecule has 0 saturated carbocycles. The van der Waals surface area contributed by atoms with Crippen LogP contribution in [0.3, 0.4) is 0 Å². The van der Waals surface area contributed by atoms with Crippen molar-refractivity contribution in [2.45, 2.75) is 26.1 Å². The van der Waals surface area contributed by atoms with Crippen LogP contribution in [-0.4, -0.2) is 25.3 Å². The maximum absolute atomic E-state index is 13.3. The predicted molar refractivity (Wildman–Crippen MR) is 64.6 cm³/mol. The van der Waals surface area contributed by atoms with Crippen molar-refractivity contribution in [2.24, 2.45) is 0 Å². The lowest BCUT2D eigenvalue weighted by atomic mass is 10.1. The van der Waals surface area contributed by atoms with Crippen LogP contribution in [0.25, 0.3) is 0 Å². The van der Waals surface area contributed by atoms with Crippen LogP contribution in [0.5, 0.6) is 0 Å². The van der Waals surface area contributed by atoms with Gasteiger partial charge >= 0.3 is 6.18 Å². The van der Waals surface area contributed by atoms with Gasteiger partial charge in [-0.05, 0) is 31.0 Å². The van der Waals surface area contributed by atoms with E-state index < -0.39 is 37.2 Å². The zero-order valence-corrected chi connectivity index (χ0v) is 11.1. The van der Waals surface area contributed by atoms with E-state index in [1.54, 1.807) is 26.0 Å². The number of rotatable bonds is 5. The third-order valence-corrected chi connectivity index (χ3v) is 2.57. The van der Waals surface area contributed by atoms with Gasteiger partial charge in [-0.25, -0.2) is 4.39 Å². The summed E-state index contributed by atoms with van der Waals surface area (Å²) in [6.45, 7) is 1.03. The Labute approximate surface area is 113 Å². The number of benzene rings is 1. The van der Waals surface area contributed by atoms with Gasteiger partial charge in [-0.3, -0.25) is 4.79 Å².